The molecule has 0 saturated carbocycles. The zero-order chi connectivity index (χ0) is 15.2. The molecule has 0 amide bonds. The van der Waals surface area contributed by atoms with Gasteiger partial charge in [-0.1, -0.05) is 36.4 Å². The second-order valence-corrected chi connectivity index (χ2v) is 5.51. The number of pyridine rings is 1. The van der Waals surface area contributed by atoms with E-state index in [9.17, 15) is 4.79 Å². The third kappa shape index (κ3) is 3.78. The summed E-state index contributed by atoms with van der Waals surface area (Å²) in [6, 6.07) is 15.5. The molecule has 1 fully saturated rings. The molecule has 1 aliphatic rings. The zero-order valence-corrected chi connectivity index (χ0v) is 12.5. The van der Waals surface area contributed by atoms with Crippen molar-refractivity contribution < 1.29 is 9.53 Å². The molecule has 4 nitrogen and oxygen atoms in total. The topological polar surface area (TPSA) is 42.4 Å². The van der Waals surface area contributed by atoms with Crippen molar-refractivity contribution in [2.45, 2.75) is 19.0 Å². The number of ether oxygens (including phenoxy) is 1. The molecule has 22 heavy (non-hydrogen) atoms. The lowest BCUT2D eigenvalue weighted by atomic mass is 10.0. The van der Waals surface area contributed by atoms with Gasteiger partial charge in [-0.25, -0.2) is 0 Å². The van der Waals surface area contributed by atoms with Crippen LogP contribution in [0.25, 0.3) is 0 Å². The van der Waals surface area contributed by atoms with E-state index >= 15 is 0 Å². The van der Waals surface area contributed by atoms with Gasteiger partial charge in [0.05, 0.1) is 18.9 Å². The van der Waals surface area contributed by atoms with Crippen molar-refractivity contribution >= 4 is 5.78 Å². The number of carbonyl (C=O) groups is 1. The van der Waals surface area contributed by atoms with Crippen LogP contribution >= 0.6 is 0 Å². The molecule has 1 aromatic carbocycles. The lowest BCUT2D eigenvalue weighted by Gasteiger charge is -2.35. The molecule has 0 aliphatic carbocycles. The number of morpholine rings is 1. The van der Waals surface area contributed by atoms with Crippen LogP contribution in [0.15, 0.2) is 54.7 Å². The Bertz CT molecular complexity index is 601. The molecule has 0 N–H and O–H groups in total. The Morgan fingerprint density at radius 3 is 2.77 bits per heavy atom. The largest absolute Gasteiger partial charge is 0.378 e. The Morgan fingerprint density at radius 1 is 1.18 bits per heavy atom. The van der Waals surface area contributed by atoms with E-state index in [1.165, 1.54) is 0 Å². The molecule has 4 heteroatoms. The normalized spacial score (nSPS) is 19.0. The van der Waals surface area contributed by atoms with Crippen molar-refractivity contribution in [3.8, 4) is 0 Å². The molecule has 1 aromatic heterocycles. The maximum absolute atomic E-state index is 12.4. The van der Waals surface area contributed by atoms with Gasteiger partial charge in [0.2, 0.25) is 0 Å². The Morgan fingerprint density at radius 2 is 2.00 bits per heavy atom. The van der Waals surface area contributed by atoms with E-state index < -0.39 is 0 Å². The van der Waals surface area contributed by atoms with Crippen LogP contribution in [0.5, 0.6) is 0 Å². The van der Waals surface area contributed by atoms with Gasteiger partial charge in [0.1, 0.15) is 0 Å². The Hall–Kier alpha value is -2.04. The predicted octanol–water partition coefficient (Wildman–Crippen LogP) is 2.56. The van der Waals surface area contributed by atoms with E-state index in [0.29, 0.717) is 19.6 Å². The van der Waals surface area contributed by atoms with Crippen molar-refractivity contribution in [1.82, 2.24) is 9.88 Å². The predicted molar refractivity (Wildman–Crippen MR) is 84.6 cm³/mol. The third-order valence-corrected chi connectivity index (χ3v) is 3.96. The molecule has 0 spiro atoms. The second-order valence-electron chi connectivity index (χ2n) is 5.51. The van der Waals surface area contributed by atoms with Crippen LogP contribution in [-0.2, 0) is 11.3 Å². The summed E-state index contributed by atoms with van der Waals surface area (Å²) < 4.78 is 5.57. The van der Waals surface area contributed by atoms with Gasteiger partial charge in [0.25, 0.3) is 0 Å². The van der Waals surface area contributed by atoms with E-state index in [0.717, 1.165) is 24.3 Å². The van der Waals surface area contributed by atoms with Crippen LogP contribution in [0.1, 0.15) is 22.5 Å². The van der Waals surface area contributed by atoms with Crippen LogP contribution < -0.4 is 0 Å². The SMILES string of the molecule is O=C(C[C@H]1COCCN1Cc1ccccn1)c1ccccc1. The molecule has 0 radical (unpaired) electrons. The van der Waals surface area contributed by atoms with Gasteiger partial charge in [-0.05, 0) is 12.1 Å². The molecular weight excluding hydrogens is 276 g/mol. The monoisotopic (exact) mass is 296 g/mol. The maximum Gasteiger partial charge on any atom is 0.164 e. The molecule has 1 aliphatic heterocycles. The van der Waals surface area contributed by atoms with E-state index in [1.807, 2.05) is 48.5 Å². The minimum Gasteiger partial charge on any atom is -0.378 e. The Labute approximate surface area is 130 Å². The van der Waals surface area contributed by atoms with E-state index in [4.69, 9.17) is 4.74 Å². The van der Waals surface area contributed by atoms with Gasteiger partial charge in [-0.15, -0.1) is 0 Å². The average molecular weight is 296 g/mol. The number of hydrogen-bond donors (Lipinski definition) is 0. The molecule has 0 unspecified atom stereocenters. The van der Waals surface area contributed by atoms with Gasteiger partial charge < -0.3 is 4.74 Å². The summed E-state index contributed by atoms with van der Waals surface area (Å²) in [5.41, 5.74) is 1.80. The zero-order valence-electron chi connectivity index (χ0n) is 12.5. The summed E-state index contributed by atoms with van der Waals surface area (Å²) in [5.74, 6) is 0.169. The first-order valence-electron chi connectivity index (χ1n) is 7.63. The van der Waals surface area contributed by atoms with Crippen molar-refractivity contribution in [2.24, 2.45) is 0 Å². The minimum absolute atomic E-state index is 0.114. The molecule has 3 rings (SSSR count). The first kappa shape index (κ1) is 14.9. The number of benzene rings is 1. The highest BCUT2D eigenvalue weighted by Crippen LogP contribution is 2.16. The summed E-state index contributed by atoms with van der Waals surface area (Å²) >= 11 is 0. The van der Waals surface area contributed by atoms with Crippen LogP contribution in [-0.4, -0.2) is 41.5 Å². The van der Waals surface area contributed by atoms with Crippen LogP contribution in [0.4, 0.5) is 0 Å². The average Bonchev–Trinajstić information content (AvgIpc) is 2.58. The minimum atomic E-state index is 0.114. The smallest absolute Gasteiger partial charge is 0.164 e. The van der Waals surface area contributed by atoms with Gasteiger partial charge >= 0.3 is 0 Å². The van der Waals surface area contributed by atoms with Gasteiger partial charge in [-0.3, -0.25) is 14.7 Å². The Balaban J connectivity index is 1.66. The summed E-state index contributed by atoms with van der Waals surface area (Å²) in [6.45, 7) is 2.91. The second kappa shape index (κ2) is 7.29. The highest BCUT2D eigenvalue weighted by atomic mass is 16.5. The molecule has 0 bridgehead atoms. The maximum atomic E-state index is 12.4. The van der Waals surface area contributed by atoms with Gasteiger partial charge in [0, 0.05) is 37.3 Å². The van der Waals surface area contributed by atoms with E-state index in [1.54, 1.807) is 6.20 Å². The summed E-state index contributed by atoms with van der Waals surface area (Å²) in [7, 11) is 0. The third-order valence-electron chi connectivity index (χ3n) is 3.96. The number of Topliss-reactive ketones (excluding diaryl/α,β-unsaturated/α-hetero) is 1. The number of hydrogen-bond acceptors (Lipinski definition) is 4. The summed E-state index contributed by atoms with van der Waals surface area (Å²) in [4.78, 5) is 19.1. The van der Waals surface area contributed by atoms with E-state index in [2.05, 4.69) is 9.88 Å². The number of nitrogens with zero attached hydrogens (tertiary/aromatic N) is 2. The lowest BCUT2D eigenvalue weighted by molar-refractivity contribution is -0.0131. The molecule has 2 heterocycles. The quantitative estimate of drug-likeness (QED) is 0.795. The molecular formula is C18H20N2O2. The van der Waals surface area contributed by atoms with Crippen molar-refractivity contribution in [2.75, 3.05) is 19.8 Å². The molecule has 114 valence electrons. The van der Waals surface area contributed by atoms with Gasteiger partial charge in [-0.2, -0.15) is 0 Å². The standard InChI is InChI=1S/C18H20N2O2/c21-18(15-6-2-1-3-7-15)12-17-14-22-11-10-20(17)13-16-8-4-5-9-19-16/h1-9,17H,10-14H2/t17-/m0/s1. The highest BCUT2D eigenvalue weighted by Gasteiger charge is 2.26. The Kier molecular flexibility index (Phi) is 4.93. The fourth-order valence-electron chi connectivity index (χ4n) is 2.74. The molecule has 1 saturated heterocycles. The van der Waals surface area contributed by atoms with Crippen LogP contribution in [0.3, 0.4) is 0 Å². The number of aromatic nitrogens is 1. The van der Waals surface area contributed by atoms with Gasteiger partial charge in [0.15, 0.2) is 5.78 Å². The number of ketones is 1. The number of carbonyl (C=O) groups excluding carboxylic acids is 1. The summed E-state index contributed by atoms with van der Waals surface area (Å²) in [6.07, 6.45) is 2.29. The summed E-state index contributed by atoms with van der Waals surface area (Å²) in [5, 5.41) is 0. The first-order chi connectivity index (χ1) is 10.8. The fraction of sp³-hybridized carbons (Fsp3) is 0.333. The molecule has 1 atom stereocenters. The van der Waals surface area contributed by atoms with Crippen molar-refractivity contribution in [1.29, 1.82) is 0 Å². The fourth-order valence-corrected chi connectivity index (χ4v) is 2.74. The van der Waals surface area contributed by atoms with Crippen LogP contribution in [0.2, 0.25) is 0 Å². The van der Waals surface area contributed by atoms with E-state index in [-0.39, 0.29) is 11.8 Å². The first-order valence-corrected chi connectivity index (χ1v) is 7.63. The molecule has 2 aromatic rings. The highest BCUT2D eigenvalue weighted by molar-refractivity contribution is 5.96. The van der Waals surface area contributed by atoms with Crippen LogP contribution in [0, 0.1) is 0 Å². The number of rotatable bonds is 5. The van der Waals surface area contributed by atoms with Crippen molar-refractivity contribution in [3.05, 3.63) is 66.0 Å². The lowest BCUT2D eigenvalue weighted by Crippen LogP contribution is -2.46. The van der Waals surface area contributed by atoms with Crippen molar-refractivity contribution in [3.63, 3.8) is 0 Å².